The van der Waals surface area contributed by atoms with Crippen LogP contribution in [0, 0.1) is 18.3 Å². The molecule has 0 aliphatic carbocycles. The van der Waals surface area contributed by atoms with E-state index < -0.39 is 0 Å². The summed E-state index contributed by atoms with van der Waals surface area (Å²) >= 11 is 1.34. The Morgan fingerprint density at radius 2 is 2.11 bits per heavy atom. The van der Waals surface area contributed by atoms with E-state index in [0.29, 0.717) is 4.88 Å². The number of methoxy groups -OCH3 is 1. The Hall–Kier alpha value is -2.25. The van der Waals surface area contributed by atoms with Crippen molar-refractivity contribution in [3.63, 3.8) is 0 Å². The van der Waals surface area contributed by atoms with Crippen molar-refractivity contribution in [2.75, 3.05) is 7.11 Å². The Labute approximate surface area is 116 Å². The zero-order valence-corrected chi connectivity index (χ0v) is 11.5. The lowest BCUT2D eigenvalue weighted by Crippen LogP contribution is -1.86. The second-order valence-electron chi connectivity index (χ2n) is 3.90. The second-order valence-corrected chi connectivity index (χ2v) is 4.94. The van der Waals surface area contributed by atoms with Gasteiger partial charge in [-0.25, -0.2) is 0 Å². The summed E-state index contributed by atoms with van der Waals surface area (Å²) in [5.74, 6) is 0.793. The lowest BCUT2D eigenvalue weighted by atomic mass is 10.1. The van der Waals surface area contributed by atoms with Crippen LogP contribution in [-0.2, 0) is 4.74 Å². The maximum atomic E-state index is 8.78. The maximum Gasteiger partial charge on any atom is 0.182 e. The third kappa shape index (κ3) is 3.36. The predicted molar refractivity (Wildman–Crippen MR) is 76.3 cm³/mol. The fourth-order valence-corrected chi connectivity index (χ4v) is 2.25. The number of hydrogen-bond acceptors (Lipinski definition) is 4. The van der Waals surface area contributed by atoms with E-state index in [-0.39, 0.29) is 0 Å². The molecule has 96 valence electrons. The standard InChI is InChI=1S/C15H13NO2S/c1-11-9-12(7-8-17-2)3-5-14(11)18-15-6-4-13(10-16)19-15/h3-9H,1-2H3/b8-7+. The topological polar surface area (TPSA) is 42.2 Å². The molecule has 1 aromatic carbocycles. The normalized spacial score (nSPS) is 10.4. The van der Waals surface area contributed by atoms with Crippen LogP contribution in [0.4, 0.5) is 0 Å². The van der Waals surface area contributed by atoms with Gasteiger partial charge in [-0.1, -0.05) is 17.4 Å². The zero-order valence-electron chi connectivity index (χ0n) is 10.7. The smallest absolute Gasteiger partial charge is 0.182 e. The molecule has 0 atom stereocenters. The van der Waals surface area contributed by atoms with Crippen LogP contribution in [-0.4, -0.2) is 7.11 Å². The number of nitrogens with zero attached hydrogens (tertiary/aromatic N) is 1. The zero-order chi connectivity index (χ0) is 13.7. The van der Waals surface area contributed by atoms with Gasteiger partial charge in [-0.15, -0.1) is 0 Å². The van der Waals surface area contributed by atoms with Gasteiger partial charge < -0.3 is 9.47 Å². The fourth-order valence-electron chi connectivity index (χ4n) is 1.58. The quantitative estimate of drug-likeness (QED) is 0.777. The molecule has 0 bridgehead atoms. The molecule has 0 aliphatic rings. The molecule has 0 spiro atoms. The molecule has 3 nitrogen and oxygen atoms in total. The van der Waals surface area contributed by atoms with Gasteiger partial charge in [0.25, 0.3) is 0 Å². The van der Waals surface area contributed by atoms with Crippen LogP contribution in [0.2, 0.25) is 0 Å². The predicted octanol–water partition coefficient (Wildman–Crippen LogP) is 4.34. The van der Waals surface area contributed by atoms with E-state index in [1.165, 1.54) is 11.3 Å². The molecule has 0 fully saturated rings. The first-order valence-corrected chi connectivity index (χ1v) is 6.52. The molecule has 0 unspecified atom stereocenters. The summed E-state index contributed by atoms with van der Waals surface area (Å²) in [6.45, 7) is 1.98. The van der Waals surface area contributed by atoms with E-state index in [2.05, 4.69) is 6.07 Å². The summed E-state index contributed by atoms with van der Waals surface area (Å²) in [5.41, 5.74) is 2.08. The van der Waals surface area contributed by atoms with Gasteiger partial charge in [-0.2, -0.15) is 5.26 Å². The molecule has 2 rings (SSSR count). The Balaban J connectivity index is 2.17. The summed E-state index contributed by atoms with van der Waals surface area (Å²) in [6.07, 6.45) is 3.52. The Morgan fingerprint density at radius 3 is 2.74 bits per heavy atom. The number of aryl methyl sites for hydroxylation is 1. The van der Waals surface area contributed by atoms with Gasteiger partial charge in [0.1, 0.15) is 16.7 Å². The maximum absolute atomic E-state index is 8.78. The number of rotatable bonds is 4. The molecular weight excluding hydrogens is 258 g/mol. The minimum absolute atomic E-state index is 0.646. The van der Waals surface area contributed by atoms with Crippen LogP contribution >= 0.6 is 11.3 Å². The lowest BCUT2D eigenvalue weighted by Gasteiger charge is -2.07. The number of thiophene rings is 1. The molecule has 0 aliphatic heterocycles. The first-order chi connectivity index (χ1) is 9.22. The van der Waals surface area contributed by atoms with E-state index in [1.807, 2.05) is 31.2 Å². The minimum Gasteiger partial charge on any atom is -0.504 e. The van der Waals surface area contributed by atoms with Crippen molar-refractivity contribution in [2.45, 2.75) is 6.92 Å². The average molecular weight is 271 g/mol. The van der Waals surface area contributed by atoms with Crippen LogP contribution in [0.25, 0.3) is 6.08 Å². The Bertz CT molecular complexity index is 638. The third-order valence-corrected chi connectivity index (χ3v) is 3.37. The molecule has 0 amide bonds. The van der Waals surface area contributed by atoms with Crippen LogP contribution in [0.5, 0.6) is 10.8 Å². The second kappa shape index (κ2) is 6.07. The average Bonchev–Trinajstić information content (AvgIpc) is 2.87. The van der Waals surface area contributed by atoms with Crippen molar-refractivity contribution in [1.82, 2.24) is 0 Å². The molecule has 1 heterocycles. The number of ether oxygens (including phenoxy) is 2. The van der Waals surface area contributed by atoms with Crippen molar-refractivity contribution in [1.29, 1.82) is 5.26 Å². The van der Waals surface area contributed by atoms with Gasteiger partial charge in [0.15, 0.2) is 5.06 Å². The molecular formula is C15H13NO2S. The van der Waals surface area contributed by atoms with E-state index in [9.17, 15) is 0 Å². The summed E-state index contributed by atoms with van der Waals surface area (Å²) in [5, 5.41) is 9.50. The largest absolute Gasteiger partial charge is 0.504 e. The van der Waals surface area contributed by atoms with Crippen molar-refractivity contribution in [2.24, 2.45) is 0 Å². The van der Waals surface area contributed by atoms with Gasteiger partial charge in [0, 0.05) is 0 Å². The van der Waals surface area contributed by atoms with Crippen LogP contribution in [0.3, 0.4) is 0 Å². The molecule has 0 saturated heterocycles. The highest BCUT2D eigenvalue weighted by Crippen LogP contribution is 2.31. The van der Waals surface area contributed by atoms with Crippen LogP contribution in [0.1, 0.15) is 16.0 Å². The highest BCUT2D eigenvalue weighted by atomic mass is 32.1. The van der Waals surface area contributed by atoms with Gasteiger partial charge in [0.2, 0.25) is 0 Å². The summed E-state index contributed by atoms with van der Waals surface area (Å²) in [6, 6.07) is 11.5. The molecule has 2 aromatic rings. The molecule has 0 N–H and O–H groups in total. The van der Waals surface area contributed by atoms with Gasteiger partial charge in [-0.05, 0) is 48.4 Å². The summed E-state index contributed by atoms with van der Waals surface area (Å²) in [4.78, 5) is 0.646. The number of hydrogen-bond donors (Lipinski definition) is 0. The van der Waals surface area contributed by atoms with Crippen molar-refractivity contribution >= 4 is 17.4 Å². The van der Waals surface area contributed by atoms with Gasteiger partial charge in [0.05, 0.1) is 13.4 Å². The van der Waals surface area contributed by atoms with Crippen molar-refractivity contribution in [3.05, 3.63) is 52.6 Å². The first kappa shape index (κ1) is 13.2. The fraction of sp³-hybridized carbons (Fsp3) is 0.133. The Morgan fingerprint density at radius 1 is 1.26 bits per heavy atom. The van der Waals surface area contributed by atoms with E-state index >= 15 is 0 Å². The summed E-state index contributed by atoms with van der Waals surface area (Å²) < 4.78 is 10.6. The number of nitriles is 1. The minimum atomic E-state index is 0.646. The number of benzene rings is 1. The monoisotopic (exact) mass is 271 g/mol. The molecule has 0 saturated carbocycles. The summed E-state index contributed by atoms with van der Waals surface area (Å²) in [7, 11) is 1.62. The highest BCUT2D eigenvalue weighted by molar-refractivity contribution is 7.14. The lowest BCUT2D eigenvalue weighted by molar-refractivity contribution is 0.341. The third-order valence-electron chi connectivity index (χ3n) is 2.50. The van der Waals surface area contributed by atoms with E-state index in [0.717, 1.165) is 21.9 Å². The molecule has 0 radical (unpaired) electrons. The highest BCUT2D eigenvalue weighted by Gasteiger charge is 2.05. The van der Waals surface area contributed by atoms with Crippen LogP contribution in [0.15, 0.2) is 36.6 Å². The SMILES string of the molecule is CO/C=C/c1ccc(Oc2ccc(C#N)s2)c(C)c1. The van der Waals surface area contributed by atoms with E-state index in [1.54, 1.807) is 25.5 Å². The molecule has 1 aromatic heterocycles. The van der Waals surface area contributed by atoms with Gasteiger partial charge in [-0.3, -0.25) is 0 Å². The van der Waals surface area contributed by atoms with Crippen molar-refractivity contribution < 1.29 is 9.47 Å². The molecule has 4 heteroatoms. The van der Waals surface area contributed by atoms with E-state index in [4.69, 9.17) is 14.7 Å². The first-order valence-electron chi connectivity index (χ1n) is 5.70. The Kier molecular flexibility index (Phi) is 4.22. The van der Waals surface area contributed by atoms with Crippen molar-refractivity contribution in [3.8, 4) is 16.9 Å². The van der Waals surface area contributed by atoms with Gasteiger partial charge >= 0.3 is 0 Å². The van der Waals surface area contributed by atoms with Crippen LogP contribution < -0.4 is 4.74 Å². The molecule has 19 heavy (non-hydrogen) atoms.